The monoisotopic (exact) mass is 513 g/mol. The molecular formula is C30H28FN3O4. The van der Waals surface area contributed by atoms with Gasteiger partial charge in [0.05, 0.1) is 19.1 Å². The van der Waals surface area contributed by atoms with Crippen LogP contribution in [0.3, 0.4) is 0 Å². The Balaban J connectivity index is 1.35. The second-order valence-electron chi connectivity index (χ2n) is 8.60. The zero-order chi connectivity index (χ0) is 26.7. The lowest BCUT2D eigenvalue weighted by Crippen LogP contribution is -2.30. The van der Waals surface area contributed by atoms with E-state index in [0.29, 0.717) is 41.2 Å². The number of carbonyl (C=O) groups excluding carboxylic acids is 1. The lowest BCUT2D eigenvalue weighted by molar-refractivity contribution is -0.137. The number of hydrogen-bond donors (Lipinski definition) is 3. The second kappa shape index (κ2) is 13.0. The van der Waals surface area contributed by atoms with Crippen molar-refractivity contribution in [3.05, 3.63) is 114 Å². The Morgan fingerprint density at radius 2 is 1.74 bits per heavy atom. The fraction of sp³-hybridized carbons (Fsp3) is 0.167. The molecule has 1 unspecified atom stereocenters. The lowest BCUT2D eigenvalue weighted by atomic mass is 9.97. The van der Waals surface area contributed by atoms with Crippen molar-refractivity contribution in [1.82, 2.24) is 10.3 Å². The number of hydrogen-bond acceptors (Lipinski definition) is 5. The van der Waals surface area contributed by atoms with E-state index in [1.54, 1.807) is 72.9 Å². The van der Waals surface area contributed by atoms with Gasteiger partial charge in [-0.15, -0.1) is 0 Å². The summed E-state index contributed by atoms with van der Waals surface area (Å²) in [6, 6.07) is 24.8. The van der Waals surface area contributed by atoms with Gasteiger partial charge in [0.25, 0.3) is 5.91 Å². The highest BCUT2D eigenvalue weighted by molar-refractivity contribution is 5.94. The molecule has 194 valence electrons. The second-order valence-corrected chi connectivity index (χ2v) is 8.60. The first kappa shape index (κ1) is 26.3. The van der Waals surface area contributed by atoms with Gasteiger partial charge in [0.2, 0.25) is 0 Å². The van der Waals surface area contributed by atoms with Crippen LogP contribution in [0.2, 0.25) is 0 Å². The predicted octanol–water partition coefficient (Wildman–Crippen LogP) is 5.71. The molecule has 7 nitrogen and oxygen atoms in total. The van der Waals surface area contributed by atoms with Gasteiger partial charge >= 0.3 is 5.97 Å². The molecule has 3 aromatic carbocycles. The predicted molar refractivity (Wildman–Crippen MR) is 144 cm³/mol. The summed E-state index contributed by atoms with van der Waals surface area (Å²) < 4.78 is 20.0. The van der Waals surface area contributed by atoms with Gasteiger partial charge < -0.3 is 20.5 Å². The van der Waals surface area contributed by atoms with Gasteiger partial charge in [-0.05, 0) is 66.1 Å². The Bertz CT molecular complexity index is 1360. The van der Waals surface area contributed by atoms with Crippen LogP contribution in [0.15, 0.2) is 97.2 Å². The molecule has 4 aromatic rings. The molecule has 1 aromatic heterocycles. The highest BCUT2D eigenvalue weighted by Crippen LogP contribution is 2.27. The third-order valence-corrected chi connectivity index (χ3v) is 5.84. The molecular weight excluding hydrogens is 485 g/mol. The SMILES string of the molecule is O=C(O)CC(NC(=O)c1ccc(OCCCNc2ccccn2)cc1)c1cccc(-c2ccccc2F)c1. The van der Waals surface area contributed by atoms with Crippen LogP contribution in [0, 0.1) is 5.82 Å². The van der Waals surface area contributed by atoms with Crippen LogP contribution >= 0.6 is 0 Å². The van der Waals surface area contributed by atoms with E-state index >= 15 is 0 Å². The fourth-order valence-electron chi connectivity index (χ4n) is 3.94. The summed E-state index contributed by atoms with van der Waals surface area (Å²) >= 11 is 0. The van der Waals surface area contributed by atoms with Gasteiger partial charge in [-0.2, -0.15) is 0 Å². The van der Waals surface area contributed by atoms with Gasteiger partial charge in [-0.3, -0.25) is 9.59 Å². The van der Waals surface area contributed by atoms with Crippen LogP contribution in [-0.2, 0) is 4.79 Å². The number of aliphatic carboxylic acids is 1. The van der Waals surface area contributed by atoms with Crippen molar-refractivity contribution >= 4 is 17.7 Å². The van der Waals surface area contributed by atoms with Crippen molar-refractivity contribution in [3.63, 3.8) is 0 Å². The number of carboxylic acids is 1. The smallest absolute Gasteiger partial charge is 0.305 e. The first-order valence-corrected chi connectivity index (χ1v) is 12.2. The molecule has 0 aliphatic carbocycles. The molecule has 0 saturated carbocycles. The van der Waals surface area contributed by atoms with Gasteiger partial charge in [0.1, 0.15) is 17.4 Å². The highest BCUT2D eigenvalue weighted by Gasteiger charge is 2.20. The lowest BCUT2D eigenvalue weighted by Gasteiger charge is -2.19. The molecule has 8 heteroatoms. The average Bonchev–Trinajstić information content (AvgIpc) is 2.93. The minimum absolute atomic E-state index is 0.319. The maximum absolute atomic E-state index is 14.3. The van der Waals surface area contributed by atoms with E-state index in [0.717, 1.165) is 12.2 Å². The number of anilines is 1. The van der Waals surface area contributed by atoms with Crippen LogP contribution in [0.1, 0.15) is 34.8 Å². The summed E-state index contributed by atoms with van der Waals surface area (Å²) in [6.07, 6.45) is 2.17. The number of rotatable bonds is 12. The molecule has 0 aliphatic heterocycles. The number of halogens is 1. The number of amides is 1. The maximum Gasteiger partial charge on any atom is 0.305 e. The maximum atomic E-state index is 14.3. The Morgan fingerprint density at radius 1 is 0.947 bits per heavy atom. The molecule has 0 saturated heterocycles. The number of ether oxygens (including phenoxy) is 1. The minimum atomic E-state index is -1.06. The number of carbonyl (C=O) groups is 2. The van der Waals surface area contributed by atoms with Gasteiger partial charge in [-0.25, -0.2) is 9.37 Å². The minimum Gasteiger partial charge on any atom is -0.494 e. The molecule has 38 heavy (non-hydrogen) atoms. The van der Waals surface area contributed by atoms with Crippen LogP contribution in [0.5, 0.6) is 5.75 Å². The zero-order valence-corrected chi connectivity index (χ0v) is 20.6. The fourth-order valence-corrected chi connectivity index (χ4v) is 3.94. The Labute approximate surface area is 220 Å². The molecule has 1 atom stereocenters. The number of pyridine rings is 1. The van der Waals surface area contributed by atoms with Gasteiger partial charge in [0.15, 0.2) is 0 Å². The Morgan fingerprint density at radius 3 is 2.47 bits per heavy atom. The molecule has 1 heterocycles. The number of aromatic nitrogens is 1. The van der Waals surface area contributed by atoms with E-state index in [1.165, 1.54) is 6.07 Å². The van der Waals surface area contributed by atoms with Crippen molar-refractivity contribution in [2.75, 3.05) is 18.5 Å². The number of benzene rings is 3. The van der Waals surface area contributed by atoms with E-state index in [4.69, 9.17) is 4.74 Å². The van der Waals surface area contributed by atoms with Crippen molar-refractivity contribution in [2.45, 2.75) is 18.9 Å². The molecule has 0 fully saturated rings. The topological polar surface area (TPSA) is 101 Å². The van der Waals surface area contributed by atoms with Crippen LogP contribution in [-0.4, -0.2) is 35.1 Å². The van der Waals surface area contributed by atoms with E-state index in [9.17, 15) is 19.1 Å². The normalized spacial score (nSPS) is 11.4. The summed E-state index contributed by atoms with van der Waals surface area (Å²) in [5.41, 5.74) is 1.94. The Kier molecular flexibility index (Phi) is 9.02. The van der Waals surface area contributed by atoms with Crippen molar-refractivity contribution in [3.8, 4) is 16.9 Å². The largest absolute Gasteiger partial charge is 0.494 e. The van der Waals surface area contributed by atoms with Crippen LogP contribution in [0.25, 0.3) is 11.1 Å². The van der Waals surface area contributed by atoms with Gasteiger partial charge in [0, 0.05) is 23.9 Å². The van der Waals surface area contributed by atoms with Crippen molar-refractivity contribution in [2.24, 2.45) is 0 Å². The molecule has 3 N–H and O–H groups in total. The summed E-state index contributed by atoms with van der Waals surface area (Å²) in [6.45, 7) is 1.20. The summed E-state index contributed by atoms with van der Waals surface area (Å²) in [5, 5.41) is 15.5. The molecule has 0 aliphatic rings. The molecule has 4 rings (SSSR count). The average molecular weight is 514 g/mol. The molecule has 0 spiro atoms. The quantitative estimate of drug-likeness (QED) is 0.210. The highest BCUT2D eigenvalue weighted by atomic mass is 19.1. The zero-order valence-electron chi connectivity index (χ0n) is 20.6. The standard InChI is InChI=1S/C30H28FN3O4/c31-26-10-2-1-9-25(26)22-7-5-8-23(19-22)27(20-29(35)36)34-30(37)21-12-14-24(15-13-21)38-18-6-17-33-28-11-3-4-16-32-28/h1-5,7-16,19,27H,6,17-18,20H2,(H,32,33)(H,34,37)(H,35,36). The summed E-state index contributed by atoms with van der Waals surface area (Å²) in [5.74, 6) is -0.427. The third-order valence-electron chi connectivity index (χ3n) is 5.84. The van der Waals surface area contributed by atoms with Crippen molar-refractivity contribution in [1.29, 1.82) is 0 Å². The first-order valence-electron chi connectivity index (χ1n) is 12.2. The molecule has 1 amide bonds. The molecule has 0 bridgehead atoms. The van der Waals surface area contributed by atoms with E-state index < -0.39 is 17.9 Å². The summed E-state index contributed by atoms with van der Waals surface area (Å²) in [4.78, 5) is 28.7. The number of carboxylic acid groups (broad SMARTS) is 1. The van der Waals surface area contributed by atoms with E-state index in [1.807, 2.05) is 18.2 Å². The van der Waals surface area contributed by atoms with Crippen LogP contribution < -0.4 is 15.4 Å². The number of nitrogens with zero attached hydrogens (tertiary/aromatic N) is 1. The third kappa shape index (κ3) is 7.39. The molecule has 0 radical (unpaired) electrons. The first-order chi connectivity index (χ1) is 18.5. The summed E-state index contributed by atoms with van der Waals surface area (Å²) in [7, 11) is 0. The van der Waals surface area contributed by atoms with E-state index in [-0.39, 0.29) is 12.2 Å². The van der Waals surface area contributed by atoms with Gasteiger partial charge in [-0.1, -0.05) is 42.5 Å². The van der Waals surface area contributed by atoms with E-state index in [2.05, 4.69) is 15.6 Å². The van der Waals surface area contributed by atoms with Crippen LogP contribution in [0.4, 0.5) is 10.2 Å². The Hall–Kier alpha value is -4.72. The number of nitrogens with one attached hydrogen (secondary N) is 2. The van der Waals surface area contributed by atoms with Crippen molar-refractivity contribution < 1.29 is 23.8 Å².